The Morgan fingerprint density at radius 1 is 0.917 bits per heavy atom. The highest BCUT2D eigenvalue weighted by atomic mass is 32.2. The lowest BCUT2D eigenvalue weighted by molar-refractivity contribution is -0.113. The fraction of sp³-hybridized carbons (Fsp3) is 0.276. The molecule has 6 nitrogen and oxygen atoms in total. The third kappa shape index (κ3) is 5.97. The zero-order chi connectivity index (χ0) is 25.9. The second kappa shape index (κ2) is 10.6. The van der Waals surface area contributed by atoms with Crippen molar-refractivity contribution in [1.29, 1.82) is 0 Å². The number of nitrogens with one attached hydrogen (secondary N) is 1. The summed E-state index contributed by atoms with van der Waals surface area (Å²) < 4.78 is 2.02. The molecule has 0 radical (unpaired) electrons. The van der Waals surface area contributed by atoms with Gasteiger partial charge in [0.15, 0.2) is 11.0 Å². The second-order valence-corrected chi connectivity index (χ2v) is 11.0. The van der Waals surface area contributed by atoms with E-state index in [9.17, 15) is 4.79 Å². The summed E-state index contributed by atoms with van der Waals surface area (Å²) in [4.78, 5) is 14.7. The quantitative estimate of drug-likeness (QED) is 0.301. The summed E-state index contributed by atoms with van der Waals surface area (Å²) in [5.74, 6) is 0.885. The van der Waals surface area contributed by atoms with Crippen LogP contribution in [0.15, 0.2) is 78.0 Å². The standard InChI is InChI=1S/C29H33N5OS/c1-20-7-15-25(16-8-20)34-27(21-9-11-22(12-10-21)29(2,3)4)31-32-28(34)36-19-26(35)30-23-13-17-24(18-14-23)33(5)6/h7-18H,19H2,1-6H3,(H,30,35). The fourth-order valence-electron chi connectivity index (χ4n) is 3.77. The molecule has 1 amide bonds. The van der Waals surface area contributed by atoms with Crippen LogP contribution in [-0.4, -0.2) is 40.5 Å². The number of benzene rings is 3. The summed E-state index contributed by atoms with van der Waals surface area (Å²) >= 11 is 1.37. The topological polar surface area (TPSA) is 63.1 Å². The Morgan fingerprint density at radius 2 is 1.56 bits per heavy atom. The molecular formula is C29H33N5OS. The van der Waals surface area contributed by atoms with Crippen LogP contribution in [0.4, 0.5) is 11.4 Å². The third-order valence-electron chi connectivity index (χ3n) is 5.93. The van der Waals surface area contributed by atoms with E-state index in [0.29, 0.717) is 5.16 Å². The number of thioether (sulfide) groups is 1. The van der Waals surface area contributed by atoms with Crippen LogP contribution in [0.3, 0.4) is 0 Å². The summed E-state index contributed by atoms with van der Waals surface area (Å²) in [6, 6.07) is 24.5. The number of rotatable bonds is 7. The van der Waals surface area contributed by atoms with Crippen LogP contribution in [0, 0.1) is 6.92 Å². The summed E-state index contributed by atoms with van der Waals surface area (Å²) in [6.07, 6.45) is 0. The van der Waals surface area contributed by atoms with Crippen molar-refractivity contribution in [3.63, 3.8) is 0 Å². The van der Waals surface area contributed by atoms with Crippen molar-refractivity contribution < 1.29 is 4.79 Å². The molecule has 4 rings (SSSR count). The number of amides is 1. The van der Waals surface area contributed by atoms with Gasteiger partial charge in [0.2, 0.25) is 5.91 Å². The van der Waals surface area contributed by atoms with Gasteiger partial charge in [-0.1, -0.05) is 74.5 Å². The zero-order valence-corrected chi connectivity index (χ0v) is 22.6. The van der Waals surface area contributed by atoms with E-state index in [1.165, 1.54) is 22.9 Å². The summed E-state index contributed by atoms with van der Waals surface area (Å²) in [5, 5.41) is 12.6. The molecular weight excluding hydrogens is 466 g/mol. The van der Waals surface area contributed by atoms with Crippen LogP contribution in [0.25, 0.3) is 17.1 Å². The fourth-order valence-corrected chi connectivity index (χ4v) is 4.52. The lowest BCUT2D eigenvalue weighted by Gasteiger charge is -2.19. The molecule has 0 unspecified atom stereocenters. The van der Waals surface area contributed by atoms with E-state index < -0.39 is 0 Å². The van der Waals surface area contributed by atoms with Gasteiger partial charge in [-0.2, -0.15) is 0 Å². The lowest BCUT2D eigenvalue weighted by atomic mass is 9.87. The highest BCUT2D eigenvalue weighted by Gasteiger charge is 2.19. The van der Waals surface area contributed by atoms with Gasteiger partial charge in [0.05, 0.1) is 5.75 Å². The maximum absolute atomic E-state index is 12.7. The van der Waals surface area contributed by atoms with Crippen LogP contribution in [0.1, 0.15) is 31.9 Å². The Hall–Kier alpha value is -3.58. The van der Waals surface area contributed by atoms with Gasteiger partial charge in [-0.3, -0.25) is 9.36 Å². The van der Waals surface area contributed by atoms with Crippen LogP contribution in [0.5, 0.6) is 0 Å². The van der Waals surface area contributed by atoms with Crippen LogP contribution in [0.2, 0.25) is 0 Å². The molecule has 1 aromatic heterocycles. The minimum Gasteiger partial charge on any atom is -0.378 e. The number of hydrogen-bond donors (Lipinski definition) is 1. The Balaban J connectivity index is 1.57. The molecule has 0 spiro atoms. The number of aryl methyl sites for hydroxylation is 1. The number of aromatic nitrogens is 3. The molecule has 0 aliphatic heterocycles. The molecule has 4 aromatic rings. The van der Waals surface area contributed by atoms with Crippen molar-refractivity contribution in [2.45, 2.75) is 38.3 Å². The minimum absolute atomic E-state index is 0.0737. The average molecular weight is 500 g/mol. The molecule has 0 atom stereocenters. The maximum Gasteiger partial charge on any atom is 0.234 e. The Morgan fingerprint density at radius 3 is 2.14 bits per heavy atom. The molecule has 0 aliphatic rings. The molecule has 0 fully saturated rings. The molecule has 0 saturated heterocycles. The van der Waals surface area contributed by atoms with E-state index in [-0.39, 0.29) is 17.1 Å². The summed E-state index contributed by atoms with van der Waals surface area (Å²) in [6.45, 7) is 8.67. The van der Waals surface area contributed by atoms with Crippen molar-refractivity contribution in [1.82, 2.24) is 14.8 Å². The molecule has 0 bridgehead atoms. The first-order valence-electron chi connectivity index (χ1n) is 12.0. The van der Waals surface area contributed by atoms with Crippen LogP contribution >= 0.6 is 11.8 Å². The predicted molar refractivity (Wildman–Crippen MR) is 150 cm³/mol. The van der Waals surface area contributed by atoms with Gasteiger partial charge in [0.25, 0.3) is 0 Å². The minimum atomic E-state index is -0.0906. The van der Waals surface area contributed by atoms with E-state index in [1.807, 2.05) is 47.8 Å². The number of carbonyl (C=O) groups excluding carboxylic acids is 1. The molecule has 186 valence electrons. The Bertz CT molecular complexity index is 1320. The number of hydrogen-bond acceptors (Lipinski definition) is 5. The molecule has 36 heavy (non-hydrogen) atoms. The van der Waals surface area contributed by atoms with Gasteiger partial charge >= 0.3 is 0 Å². The average Bonchev–Trinajstić information content (AvgIpc) is 3.27. The number of nitrogens with zero attached hydrogens (tertiary/aromatic N) is 4. The van der Waals surface area contributed by atoms with E-state index in [1.54, 1.807) is 0 Å². The second-order valence-electron chi connectivity index (χ2n) is 10.1. The molecule has 1 heterocycles. The van der Waals surface area contributed by atoms with E-state index >= 15 is 0 Å². The van der Waals surface area contributed by atoms with Crippen molar-refractivity contribution >= 4 is 29.0 Å². The number of anilines is 2. The van der Waals surface area contributed by atoms with Crippen molar-refractivity contribution in [2.75, 3.05) is 30.1 Å². The first-order valence-corrected chi connectivity index (χ1v) is 12.9. The molecule has 3 aromatic carbocycles. The van der Waals surface area contributed by atoms with Crippen LogP contribution in [-0.2, 0) is 10.2 Å². The molecule has 0 saturated carbocycles. The SMILES string of the molecule is Cc1ccc(-n2c(SCC(=O)Nc3ccc(N(C)C)cc3)nnc2-c2ccc(C(C)(C)C)cc2)cc1. The largest absolute Gasteiger partial charge is 0.378 e. The van der Waals surface area contributed by atoms with Crippen LogP contribution < -0.4 is 10.2 Å². The smallest absolute Gasteiger partial charge is 0.234 e. The Labute approximate surface area is 217 Å². The summed E-state index contributed by atoms with van der Waals surface area (Å²) in [5.41, 5.74) is 6.30. The third-order valence-corrected chi connectivity index (χ3v) is 6.86. The van der Waals surface area contributed by atoms with Gasteiger partial charge < -0.3 is 10.2 Å². The van der Waals surface area contributed by atoms with Crippen molar-refractivity contribution in [3.8, 4) is 17.1 Å². The highest BCUT2D eigenvalue weighted by Crippen LogP contribution is 2.30. The summed E-state index contributed by atoms with van der Waals surface area (Å²) in [7, 11) is 3.98. The van der Waals surface area contributed by atoms with E-state index in [4.69, 9.17) is 0 Å². The Kier molecular flexibility index (Phi) is 7.50. The first-order chi connectivity index (χ1) is 17.1. The molecule has 7 heteroatoms. The van der Waals surface area contributed by atoms with Gasteiger partial charge in [0, 0.05) is 36.7 Å². The van der Waals surface area contributed by atoms with Crippen molar-refractivity contribution in [2.24, 2.45) is 0 Å². The number of carbonyl (C=O) groups is 1. The van der Waals surface area contributed by atoms with Gasteiger partial charge in [-0.05, 0) is 54.3 Å². The monoisotopic (exact) mass is 499 g/mol. The predicted octanol–water partition coefficient (Wildman–Crippen LogP) is 6.34. The first kappa shape index (κ1) is 25.5. The zero-order valence-electron chi connectivity index (χ0n) is 21.7. The van der Waals surface area contributed by atoms with E-state index in [2.05, 4.69) is 91.7 Å². The van der Waals surface area contributed by atoms with Crippen molar-refractivity contribution in [3.05, 3.63) is 83.9 Å². The molecule has 0 aliphatic carbocycles. The van der Waals surface area contributed by atoms with Gasteiger partial charge in [-0.15, -0.1) is 10.2 Å². The normalized spacial score (nSPS) is 11.4. The van der Waals surface area contributed by atoms with Gasteiger partial charge in [0.1, 0.15) is 0 Å². The lowest BCUT2D eigenvalue weighted by Crippen LogP contribution is -2.15. The highest BCUT2D eigenvalue weighted by molar-refractivity contribution is 7.99. The van der Waals surface area contributed by atoms with E-state index in [0.717, 1.165) is 28.5 Å². The maximum atomic E-state index is 12.7. The van der Waals surface area contributed by atoms with Gasteiger partial charge in [-0.25, -0.2) is 0 Å². The molecule has 1 N–H and O–H groups in total.